The predicted octanol–water partition coefficient (Wildman–Crippen LogP) is 2.05. The van der Waals surface area contributed by atoms with Crippen LogP contribution in [0.25, 0.3) is 0 Å². The van der Waals surface area contributed by atoms with E-state index in [2.05, 4.69) is 4.98 Å². The summed E-state index contributed by atoms with van der Waals surface area (Å²) in [5.41, 5.74) is 1.11. The van der Waals surface area contributed by atoms with Gasteiger partial charge in [0.2, 0.25) is 11.8 Å². The van der Waals surface area contributed by atoms with Crippen LogP contribution in [0.15, 0.2) is 24.5 Å². The second-order valence-electron chi connectivity index (χ2n) is 6.53. The van der Waals surface area contributed by atoms with Crippen molar-refractivity contribution in [3.05, 3.63) is 30.1 Å². The largest absolute Gasteiger partial charge is 0.342 e. The number of nitrogens with zero attached hydrogens (tertiary/aromatic N) is 3. The van der Waals surface area contributed by atoms with Crippen molar-refractivity contribution in [3.63, 3.8) is 0 Å². The lowest BCUT2D eigenvalue weighted by molar-refractivity contribution is -0.136. The van der Waals surface area contributed by atoms with Crippen LogP contribution in [0.2, 0.25) is 0 Å². The van der Waals surface area contributed by atoms with E-state index in [1.165, 1.54) is 6.42 Å². The predicted molar refractivity (Wildman–Crippen MR) is 87.8 cm³/mol. The Kier molecular flexibility index (Phi) is 4.94. The summed E-state index contributed by atoms with van der Waals surface area (Å²) < 4.78 is 0. The summed E-state index contributed by atoms with van der Waals surface area (Å²) in [5, 5.41) is 0. The molecular weight excluding hydrogens is 290 g/mol. The second kappa shape index (κ2) is 7.11. The topological polar surface area (TPSA) is 53.5 Å². The highest BCUT2D eigenvalue weighted by molar-refractivity contribution is 5.83. The average molecular weight is 315 g/mol. The van der Waals surface area contributed by atoms with Crippen LogP contribution in [0.4, 0.5) is 0 Å². The maximum atomic E-state index is 13.0. The highest BCUT2D eigenvalue weighted by Crippen LogP contribution is 2.34. The van der Waals surface area contributed by atoms with Gasteiger partial charge in [-0.2, -0.15) is 0 Å². The molecule has 2 saturated heterocycles. The molecule has 0 bridgehead atoms. The van der Waals surface area contributed by atoms with Crippen LogP contribution in [-0.4, -0.2) is 52.8 Å². The molecule has 2 aliphatic heterocycles. The van der Waals surface area contributed by atoms with Crippen molar-refractivity contribution in [2.24, 2.45) is 5.92 Å². The molecular formula is C18H25N3O2. The Hall–Kier alpha value is -1.91. The monoisotopic (exact) mass is 315 g/mol. The zero-order valence-corrected chi connectivity index (χ0v) is 13.8. The van der Waals surface area contributed by atoms with E-state index in [0.29, 0.717) is 19.5 Å². The van der Waals surface area contributed by atoms with E-state index in [9.17, 15) is 9.59 Å². The number of piperidine rings is 1. The van der Waals surface area contributed by atoms with Crippen LogP contribution in [0, 0.1) is 5.92 Å². The molecule has 5 heteroatoms. The fourth-order valence-electron chi connectivity index (χ4n) is 3.78. The molecule has 1 aromatic heterocycles. The molecule has 5 nitrogen and oxygen atoms in total. The van der Waals surface area contributed by atoms with Crippen LogP contribution in [-0.2, 0) is 9.59 Å². The van der Waals surface area contributed by atoms with Crippen LogP contribution in [0.1, 0.15) is 44.1 Å². The van der Waals surface area contributed by atoms with Crippen LogP contribution >= 0.6 is 0 Å². The molecule has 2 aliphatic rings. The minimum absolute atomic E-state index is 0.0860. The lowest BCUT2D eigenvalue weighted by Crippen LogP contribution is -2.42. The summed E-state index contributed by atoms with van der Waals surface area (Å²) in [6.07, 6.45) is 7.42. The molecule has 0 aromatic carbocycles. The molecule has 2 atom stereocenters. The van der Waals surface area contributed by atoms with Gasteiger partial charge in [-0.15, -0.1) is 0 Å². The maximum absolute atomic E-state index is 13.0. The lowest BCUT2D eigenvalue weighted by Gasteiger charge is -2.30. The number of hydrogen-bond donors (Lipinski definition) is 0. The Morgan fingerprint density at radius 2 is 1.78 bits per heavy atom. The number of amides is 2. The van der Waals surface area contributed by atoms with Gasteiger partial charge in [0.25, 0.3) is 0 Å². The zero-order valence-electron chi connectivity index (χ0n) is 13.8. The fourth-order valence-corrected chi connectivity index (χ4v) is 3.78. The number of hydrogen-bond acceptors (Lipinski definition) is 3. The minimum Gasteiger partial charge on any atom is -0.342 e. The first-order chi connectivity index (χ1) is 11.2. The van der Waals surface area contributed by atoms with E-state index >= 15 is 0 Å². The molecule has 0 spiro atoms. The second-order valence-corrected chi connectivity index (χ2v) is 6.53. The van der Waals surface area contributed by atoms with E-state index in [1.54, 1.807) is 12.4 Å². The Balaban J connectivity index is 1.81. The molecule has 2 fully saturated rings. The molecule has 0 saturated carbocycles. The standard InChI is InChI=1S/C18H25N3O2/c1-2-17(22)21-12-15(14-6-8-19-9-7-14)16(13-21)18(23)20-10-4-3-5-11-20/h6-9,15-16H,2-5,10-13H2,1H3/t15-,16+/m0/s1. The van der Waals surface area contributed by atoms with Crippen molar-refractivity contribution in [1.29, 1.82) is 0 Å². The molecule has 0 aliphatic carbocycles. The summed E-state index contributed by atoms with van der Waals surface area (Å²) >= 11 is 0. The first-order valence-corrected chi connectivity index (χ1v) is 8.67. The van der Waals surface area contributed by atoms with Crippen molar-refractivity contribution in [1.82, 2.24) is 14.8 Å². The molecule has 2 amide bonds. The zero-order chi connectivity index (χ0) is 16.2. The molecule has 3 rings (SSSR count). The van der Waals surface area contributed by atoms with Crippen molar-refractivity contribution in [3.8, 4) is 0 Å². The van der Waals surface area contributed by atoms with Gasteiger partial charge in [-0.1, -0.05) is 6.92 Å². The minimum atomic E-state index is -0.119. The summed E-state index contributed by atoms with van der Waals surface area (Å²) in [6, 6.07) is 3.95. The Morgan fingerprint density at radius 1 is 1.09 bits per heavy atom. The lowest BCUT2D eigenvalue weighted by atomic mass is 9.88. The quantitative estimate of drug-likeness (QED) is 0.858. The Bertz CT molecular complexity index is 555. The summed E-state index contributed by atoms with van der Waals surface area (Å²) in [6.45, 7) is 4.79. The Morgan fingerprint density at radius 3 is 2.43 bits per heavy atom. The van der Waals surface area contributed by atoms with E-state index in [0.717, 1.165) is 31.5 Å². The van der Waals surface area contributed by atoms with Gasteiger partial charge in [-0.3, -0.25) is 14.6 Å². The van der Waals surface area contributed by atoms with Gasteiger partial charge in [0, 0.05) is 50.9 Å². The summed E-state index contributed by atoms with van der Waals surface area (Å²) in [5.74, 6) is 0.324. The first kappa shape index (κ1) is 16.0. The molecule has 1 aromatic rings. The van der Waals surface area contributed by atoms with E-state index < -0.39 is 0 Å². The smallest absolute Gasteiger partial charge is 0.228 e. The highest BCUT2D eigenvalue weighted by atomic mass is 16.2. The molecule has 0 N–H and O–H groups in total. The highest BCUT2D eigenvalue weighted by Gasteiger charge is 2.41. The number of carbonyl (C=O) groups is 2. The van der Waals surface area contributed by atoms with Gasteiger partial charge in [-0.25, -0.2) is 0 Å². The van der Waals surface area contributed by atoms with Crippen molar-refractivity contribution >= 4 is 11.8 Å². The number of aromatic nitrogens is 1. The van der Waals surface area contributed by atoms with Crippen LogP contribution in [0.3, 0.4) is 0 Å². The summed E-state index contributed by atoms with van der Waals surface area (Å²) in [4.78, 5) is 33.1. The Labute approximate surface area is 137 Å². The van der Waals surface area contributed by atoms with Gasteiger partial charge in [0.15, 0.2) is 0 Å². The third-order valence-electron chi connectivity index (χ3n) is 5.09. The molecule has 23 heavy (non-hydrogen) atoms. The van der Waals surface area contributed by atoms with E-state index in [1.807, 2.05) is 28.9 Å². The van der Waals surface area contributed by atoms with Gasteiger partial charge < -0.3 is 9.80 Å². The van der Waals surface area contributed by atoms with Crippen molar-refractivity contribution in [2.75, 3.05) is 26.2 Å². The van der Waals surface area contributed by atoms with Crippen molar-refractivity contribution < 1.29 is 9.59 Å². The molecule has 0 unspecified atom stereocenters. The normalized spacial score (nSPS) is 24.7. The number of pyridine rings is 1. The van der Waals surface area contributed by atoms with Crippen LogP contribution < -0.4 is 0 Å². The van der Waals surface area contributed by atoms with Gasteiger partial charge in [0.1, 0.15) is 0 Å². The van der Waals surface area contributed by atoms with Gasteiger partial charge in [0.05, 0.1) is 5.92 Å². The number of carbonyl (C=O) groups excluding carboxylic acids is 2. The van der Waals surface area contributed by atoms with E-state index in [-0.39, 0.29) is 23.7 Å². The van der Waals surface area contributed by atoms with E-state index in [4.69, 9.17) is 0 Å². The molecule has 0 radical (unpaired) electrons. The molecule has 3 heterocycles. The third-order valence-corrected chi connectivity index (χ3v) is 5.09. The SMILES string of the molecule is CCC(=O)N1C[C@@H](C(=O)N2CCCCC2)[C@H](c2ccncc2)C1. The average Bonchev–Trinajstić information content (AvgIpc) is 3.07. The van der Waals surface area contributed by atoms with Gasteiger partial charge >= 0.3 is 0 Å². The maximum Gasteiger partial charge on any atom is 0.228 e. The van der Waals surface area contributed by atoms with Gasteiger partial charge in [-0.05, 0) is 37.0 Å². The van der Waals surface area contributed by atoms with Crippen LogP contribution in [0.5, 0.6) is 0 Å². The van der Waals surface area contributed by atoms with Crippen molar-refractivity contribution in [2.45, 2.75) is 38.5 Å². The number of likely N-dealkylation sites (tertiary alicyclic amines) is 2. The number of rotatable bonds is 3. The fraction of sp³-hybridized carbons (Fsp3) is 0.611. The summed E-state index contributed by atoms with van der Waals surface area (Å²) in [7, 11) is 0. The third kappa shape index (κ3) is 3.38. The first-order valence-electron chi connectivity index (χ1n) is 8.67. The molecule has 124 valence electrons.